The van der Waals surface area contributed by atoms with Crippen LogP contribution in [0.2, 0.25) is 0 Å². The van der Waals surface area contributed by atoms with Crippen molar-refractivity contribution in [1.29, 1.82) is 5.26 Å². The van der Waals surface area contributed by atoms with Crippen molar-refractivity contribution in [2.75, 3.05) is 4.90 Å². The van der Waals surface area contributed by atoms with Gasteiger partial charge in [-0.1, -0.05) is 75.4 Å². The van der Waals surface area contributed by atoms with E-state index in [2.05, 4.69) is 31.8 Å². The number of aliphatic hydroxyl groups excluding tert-OH is 1. The Bertz CT molecular complexity index is 1640. The molecule has 194 valence electrons. The number of ketones is 1. The topological polar surface area (TPSA) is 94.3 Å². The first-order chi connectivity index (χ1) is 18.6. The molecule has 1 aromatic heterocycles. The highest BCUT2D eigenvalue weighted by atomic mass is 32.1. The summed E-state index contributed by atoms with van der Waals surface area (Å²) in [5.74, 6) is -1.68. The Morgan fingerprint density at radius 3 is 2.23 bits per heavy atom. The van der Waals surface area contributed by atoms with Crippen LogP contribution in [0.4, 0.5) is 5.69 Å². The Morgan fingerprint density at radius 2 is 1.64 bits per heavy atom. The number of amides is 1. The van der Waals surface area contributed by atoms with Gasteiger partial charge in [0.2, 0.25) is 5.78 Å². The van der Waals surface area contributed by atoms with E-state index in [0.717, 1.165) is 11.1 Å². The molecular weight excluding hydrogens is 506 g/mol. The van der Waals surface area contributed by atoms with Crippen molar-refractivity contribution in [2.45, 2.75) is 39.2 Å². The van der Waals surface area contributed by atoms with Gasteiger partial charge in [0, 0.05) is 11.3 Å². The number of benzene rings is 3. The third-order valence-corrected chi connectivity index (χ3v) is 8.05. The standard InChI is InChI=1S/C32H27N3O3S/c1-19-29(39-30(34-19)22-8-6-5-7-9-22)27(36)25-26(21-12-14-23(15-13-21)32(2,3)4)35(31(38)28(25)37)24-16-10-20(18-33)11-17-24/h5-17,26,37H,1-4H3. The van der Waals surface area contributed by atoms with Gasteiger partial charge in [-0.2, -0.15) is 5.26 Å². The number of Topliss-reactive ketones (excluding diaryl/α,β-unsaturated/α-hetero) is 1. The number of hydrogen-bond acceptors (Lipinski definition) is 6. The summed E-state index contributed by atoms with van der Waals surface area (Å²) in [5, 5.41) is 21.1. The lowest BCUT2D eigenvalue weighted by atomic mass is 9.85. The van der Waals surface area contributed by atoms with Gasteiger partial charge in [-0.05, 0) is 47.7 Å². The van der Waals surface area contributed by atoms with Gasteiger partial charge in [-0.3, -0.25) is 14.5 Å². The Morgan fingerprint density at radius 1 is 1.00 bits per heavy atom. The summed E-state index contributed by atoms with van der Waals surface area (Å²) in [6.45, 7) is 8.10. The van der Waals surface area contributed by atoms with Crippen molar-refractivity contribution in [2.24, 2.45) is 0 Å². The van der Waals surface area contributed by atoms with Crippen molar-refractivity contribution in [3.05, 3.63) is 117 Å². The number of hydrogen-bond donors (Lipinski definition) is 1. The van der Waals surface area contributed by atoms with Crippen LogP contribution in [0.1, 0.15) is 58.9 Å². The molecule has 0 aliphatic carbocycles. The van der Waals surface area contributed by atoms with Gasteiger partial charge >= 0.3 is 0 Å². The summed E-state index contributed by atoms with van der Waals surface area (Å²) in [6.07, 6.45) is 0. The fourth-order valence-electron chi connectivity index (χ4n) is 4.71. The Kier molecular flexibility index (Phi) is 6.67. The van der Waals surface area contributed by atoms with Crippen LogP contribution in [0.3, 0.4) is 0 Å². The second-order valence-corrected chi connectivity index (χ2v) is 11.5. The third-order valence-electron chi connectivity index (χ3n) is 6.84. The van der Waals surface area contributed by atoms with E-state index in [1.165, 1.54) is 16.2 Å². The maximum absolute atomic E-state index is 14.1. The van der Waals surface area contributed by atoms with Gasteiger partial charge in [0.15, 0.2) is 5.76 Å². The number of rotatable bonds is 5. The molecule has 39 heavy (non-hydrogen) atoms. The molecule has 0 saturated heterocycles. The summed E-state index contributed by atoms with van der Waals surface area (Å²) in [5.41, 5.74) is 4.07. The highest BCUT2D eigenvalue weighted by Crippen LogP contribution is 2.43. The number of anilines is 1. The molecule has 1 N–H and O–H groups in total. The molecule has 0 saturated carbocycles. The van der Waals surface area contributed by atoms with Gasteiger partial charge < -0.3 is 5.11 Å². The molecule has 0 bridgehead atoms. The molecule has 5 rings (SSSR count). The van der Waals surface area contributed by atoms with Crippen molar-refractivity contribution >= 4 is 28.7 Å². The smallest absolute Gasteiger partial charge is 0.294 e. The van der Waals surface area contributed by atoms with Crippen molar-refractivity contribution in [3.8, 4) is 16.6 Å². The molecule has 2 heterocycles. The number of nitriles is 1. The number of carbonyl (C=O) groups excluding carboxylic acids is 2. The van der Waals surface area contributed by atoms with Crippen LogP contribution in [0.15, 0.2) is 90.2 Å². The zero-order valence-electron chi connectivity index (χ0n) is 22.1. The van der Waals surface area contributed by atoms with E-state index in [0.29, 0.717) is 32.4 Å². The van der Waals surface area contributed by atoms with Crippen LogP contribution in [0.5, 0.6) is 0 Å². The van der Waals surface area contributed by atoms with Crippen molar-refractivity contribution < 1.29 is 14.7 Å². The summed E-state index contributed by atoms with van der Waals surface area (Å²) in [7, 11) is 0. The second-order valence-electron chi connectivity index (χ2n) is 10.5. The first kappa shape index (κ1) is 26.1. The van der Waals surface area contributed by atoms with Crippen LogP contribution in [-0.4, -0.2) is 21.8 Å². The average molecular weight is 534 g/mol. The largest absolute Gasteiger partial charge is 0.503 e. The average Bonchev–Trinajstić information content (AvgIpc) is 3.45. The fraction of sp³-hybridized carbons (Fsp3) is 0.188. The molecule has 1 aliphatic heterocycles. The molecule has 6 nitrogen and oxygen atoms in total. The van der Waals surface area contributed by atoms with Gasteiger partial charge in [0.05, 0.1) is 33.8 Å². The van der Waals surface area contributed by atoms with E-state index in [9.17, 15) is 20.0 Å². The zero-order valence-corrected chi connectivity index (χ0v) is 22.9. The quantitative estimate of drug-likeness (QED) is 0.277. The monoisotopic (exact) mass is 533 g/mol. The molecule has 0 spiro atoms. The molecular formula is C32H27N3O3S. The maximum Gasteiger partial charge on any atom is 0.294 e. The molecule has 0 radical (unpaired) electrons. The number of thiazole rings is 1. The first-order valence-corrected chi connectivity index (χ1v) is 13.4. The lowest BCUT2D eigenvalue weighted by molar-refractivity contribution is -0.117. The number of aryl methyl sites for hydroxylation is 1. The minimum absolute atomic E-state index is 0.0132. The van der Waals surface area contributed by atoms with E-state index < -0.39 is 23.5 Å². The van der Waals surface area contributed by atoms with Gasteiger partial charge in [0.1, 0.15) is 5.01 Å². The van der Waals surface area contributed by atoms with Crippen LogP contribution < -0.4 is 4.90 Å². The van der Waals surface area contributed by atoms with Crippen LogP contribution in [-0.2, 0) is 10.2 Å². The van der Waals surface area contributed by atoms with E-state index in [-0.39, 0.29) is 11.0 Å². The molecule has 1 atom stereocenters. The highest BCUT2D eigenvalue weighted by molar-refractivity contribution is 7.17. The first-order valence-electron chi connectivity index (χ1n) is 12.5. The lowest BCUT2D eigenvalue weighted by Crippen LogP contribution is -2.31. The number of carbonyl (C=O) groups is 2. The summed E-state index contributed by atoms with van der Waals surface area (Å²) in [6, 6.07) is 25.1. The molecule has 7 heteroatoms. The predicted octanol–water partition coefficient (Wildman–Crippen LogP) is 7.07. The van der Waals surface area contributed by atoms with E-state index in [1.54, 1.807) is 31.2 Å². The maximum atomic E-state index is 14.1. The van der Waals surface area contributed by atoms with Crippen LogP contribution >= 0.6 is 11.3 Å². The third kappa shape index (κ3) is 4.75. The highest BCUT2D eigenvalue weighted by Gasteiger charge is 2.45. The fourth-order valence-corrected chi connectivity index (χ4v) is 5.74. The van der Waals surface area contributed by atoms with Crippen LogP contribution in [0.25, 0.3) is 10.6 Å². The van der Waals surface area contributed by atoms with Crippen molar-refractivity contribution in [3.63, 3.8) is 0 Å². The summed E-state index contributed by atoms with van der Waals surface area (Å²) < 4.78 is 0. The van der Waals surface area contributed by atoms with Gasteiger partial charge in [0.25, 0.3) is 5.91 Å². The number of aromatic nitrogens is 1. The Labute approximate surface area is 231 Å². The molecule has 0 fully saturated rings. The minimum Gasteiger partial charge on any atom is -0.503 e. The molecule has 1 amide bonds. The Hall–Kier alpha value is -4.54. The molecule has 1 aliphatic rings. The number of nitrogens with zero attached hydrogens (tertiary/aromatic N) is 3. The second kappa shape index (κ2) is 9.97. The molecule has 4 aromatic rings. The SMILES string of the molecule is Cc1nc(-c2ccccc2)sc1C(=O)C1=C(O)C(=O)N(c2ccc(C#N)cc2)C1c1ccc(C(C)(C)C)cc1. The minimum atomic E-state index is -0.853. The predicted molar refractivity (Wildman–Crippen MR) is 153 cm³/mol. The van der Waals surface area contributed by atoms with Gasteiger partial charge in [-0.15, -0.1) is 11.3 Å². The zero-order chi connectivity index (χ0) is 27.9. The van der Waals surface area contributed by atoms with E-state index >= 15 is 0 Å². The Balaban J connectivity index is 1.63. The summed E-state index contributed by atoms with van der Waals surface area (Å²) in [4.78, 5) is 34.0. The van der Waals surface area contributed by atoms with E-state index in [1.807, 2.05) is 54.6 Å². The van der Waals surface area contributed by atoms with Crippen molar-refractivity contribution in [1.82, 2.24) is 4.98 Å². The lowest BCUT2D eigenvalue weighted by Gasteiger charge is -2.28. The normalized spacial score (nSPS) is 15.5. The summed E-state index contributed by atoms with van der Waals surface area (Å²) >= 11 is 1.24. The number of aliphatic hydroxyl groups is 1. The molecule has 1 unspecified atom stereocenters. The van der Waals surface area contributed by atoms with E-state index in [4.69, 9.17) is 0 Å². The van der Waals surface area contributed by atoms with Crippen LogP contribution in [0, 0.1) is 18.3 Å². The molecule has 3 aromatic carbocycles. The van der Waals surface area contributed by atoms with Gasteiger partial charge in [-0.25, -0.2) is 4.98 Å².